The van der Waals surface area contributed by atoms with Gasteiger partial charge in [0.15, 0.2) is 0 Å². The Kier molecular flexibility index (Phi) is 9.41. The summed E-state index contributed by atoms with van der Waals surface area (Å²) in [5.74, 6) is -0.684. The normalized spacial score (nSPS) is 14.9. The third kappa shape index (κ3) is 7.01. The Balaban J connectivity index is 1.95. The Bertz CT molecular complexity index is 1200. The first-order valence-corrected chi connectivity index (χ1v) is 14.6. The molecule has 0 aliphatic heterocycles. The van der Waals surface area contributed by atoms with Crippen LogP contribution in [0.4, 0.5) is 5.69 Å². The summed E-state index contributed by atoms with van der Waals surface area (Å²) in [4.78, 5) is 28.6. The van der Waals surface area contributed by atoms with Gasteiger partial charge in [-0.15, -0.1) is 0 Å². The molecule has 1 N–H and O–H groups in total. The number of carbonyl (C=O) groups excluding carboxylic acids is 2. The van der Waals surface area contributed by atoms with Gasteiger partial charge in [-0.2, -0.15) is 0 Å². The van der Waals surface area contributed by atoms with Crippen molar-refractivity contribution in [3.8, 4) is 0 Å². The van der Waals surface area contributed by atoms with E-state index in [1.54, 1.807) is 18.2 Å². The zero-order valence-electron chi connectivity index (χ0n) is 21.5. The van der Waals surface area contributed by atoms with Gasteiger partial charge in [0.25, 0.3) is 0 Å². The smallest absolute Gasteiger partial charge is 0.244 e. The van der Waals surface area contributed by atoms with Crippen molar-refractivity contribution in [2.24, 2.45) is 0 Å². The number of nitrogens with zero attached hydrogens (tertiary/aromatic N) is 2. The molecule has 36 heavy (non-hydrogen) atoms. The lowest BCUT2D eigenvalue weighted by Gasteiger charge is -2.34. The maximum Gasteiger partial charge on any atom is 0.244 e. The second kappa shape index (κ2) is 12.1. The van der Waals surface area contributed by atoms with Gasteiger partial charge in [0.05, 0.1) is 11.9 Å². The molecule has 9 heteroatoms. The molecule has 196 valence electrons. The van der Waals surface area contributed by atoms with Crippen LogP contribution in [-0.2, 0) is 26.2 Å². The monoisotopic (exact) mass is 533 g/mol. The topological polar surface area (TPSA) is 86.8 Å². The van der Waals surface area contributed by atoms with E-state index in [2.05, 4.69) is 5.32 Å². The van der Waals surface area contributed by atoms with E-state index in [1.165, 1.54) is 4.90 Å². The number of hydrogen-bond donors (Lipinski definition) is 1. The minimum Gasteiger partial charge on any atom is -0.352 e. The second-order valence-corrected chi connectivity index (χ2v) is 11.9. The van der Waals surface area contributed by atoms with Crippen molar-refractivity contribution in [2.45, 2.75) is 71.5 Å². The average molecular weight is 534 g/mol. The van der Waals surface area contributed by atoms with Gasteiger partial charge in [-0.25, -0.2) is 8.42 Å². The number of halogens is 1. The molecule has 1 atom stereocenters. The van der Waals surface area contributed by atoms with Crippen molar-refractivity contribution in [1.29, 1.82) is 0 Å². The minimum atomic E-state index is -3.78. The average Bonchev–Trinajstić information content (AvgIpc) is 3.31. The molecule has 3 rings (SSSR count). The molecule has 0 bridgehead atoms. The number of amides is 2. The summed E-state index contributed by atoms with van der Waals surface area (Å²) in [7, 11) is -3.78. The first kappa shape index (κ1) is 28.0. The van der Waals surface area contributed by atoms with Crippen molar-refractivity contribution in [1.82, 2.24) is 10.2 Å². The van der Waals surface area contributed by atoms with Gasteiger partial charge < -0.3 is 10.2 Å². The lowest BCUT2D eigenvalue weighted by Crippen LogP contribution is -2.53. The van der Waals surface area contributed by atoms with Crippen LogP contribution in [0.1, 0.15) is 55.7 Å². The molecule has 1 aliphatic rings. The van der Waals surface area contributed by atoms with Gasteiger partial charge in [-0.1, -0.05) is 67.3 Å². The molecule has 0 aromatic heterocycles. The van der Waals surface area contributed by atoms with Crippen LogP contribution >= 0.6 is 11.6 Å². The summed E-state index contributed by atoms with van der Waals surface area (Å²) in [5.41, 5.74) is 2.87. The fourth-order valence-electron chi connectivity index (χ4n) is 4.78. The molecule has 0 saturated heterocycles. The van der Waals surface area contributed by atoms with Gasteiger partial charge in [0, 0.05) is 17.6 Å². The highest BCUT2D eigenvalue weighted by atomic mass is 35.5. The van der Waals surface area contributed by atoms with Crippen molar-refractivity contribution >= 4 is 39.1 Å². The Morgan fingerprint density at radius 2 is 1.78 bits per heavy atom. The van der Waals surface area contributed by atoms with E-state index in [0.717, 1.165) is 47.4 Å². The van der Waals surface area contributed by atoms with E-state index in [4.69, 9.17) is 11.6 Å². The molecule has 2 aromatic rings. The van der Waals surface area contributed by atoms with E-state index < -0.39 is 28.5 Å². The summed E-state index contributed by atoms with van der Waals surface area (Å²) >= 11 is 6.40. The van der Waals surface area contributed by atoms with Crippen LogP contribution < -0.4 is 9.62 Å². The highest BCUT2D eigenvalue weighted by molar-refractivity contribution is 7.92. The molecule has 1 saturated carbocycles. The van der Waals surface area contributed by atoms with Gasteiger partial charge in [0.2, 0.25) is 21.8 Å². The lowest BCUT2D eigenvalue weighted by molar-refractivity contribution is -0.140. The summed E-state index contributed by atoms with van der Waals surface area (Å²) in [6, 6.07) is 11.9. The minimum absolute atomic E-state index is 0.0968. The van der Waals surface area contributed by atoms with Crippen molar-refractivity contribution < 1.29 is 18.0 Å². The highest BCUT2D eigenvalue weighted by Crippen LogP contribution is 2.26. The maximum absolute atomic E-state index is 13.8. The summed E-state index contributed by atoms with van der Waals surface area (Å²) < 4.78 is 26.7. The second-order valence-electron chi connectivity index (χ2n) is 9.59. The first-order valence-electron chi connectivity index (χ1n) is 12.4. The van der Waals surface area contributed by atoms with Crippen LogP contribution in [0.3, 0.4) is 0 Å². The zero-order chi connectivity index (χ0) is 26.5. The van der Waals surface area contributed by atoms with E-state index in [9.17, 15) is 18.0 Å². The van der Waals surface area contributed by atoms with Gasteiger partial charge in [-0.3, -0.25) is 13.9 Å². The van der Waals surface area contributed by atoms with Crippen molar-refractivity contribution in [3.05, 3.63) is 64.2 Å². The Hall–Kier alpha value is -2.58. The number of carbonyl (C=O) groups is 2. The lowest BCUT2D eigenvalue weighted by atomic mass is 10.1. The van der Waals surface area contributed by atoms with Gasteiger partial charge in [-0.05, 0) is 56.4 Å². The molecular weight excluding hydrogens is 498 g/mol. The number of rotatable bonds is 10. The standard InChI is InChI=1S/C27H36ClN3O4S/c1-5-24(27(33)29-22-11-7-8-12-22)30(17-21-10-6-9-13-23(21)28)26(32)18-31(36(4,34)35)25-15-14-19(2)16-20(25)3/h6,9-10,13-16,22,24H,5,7-8,11-12,17-18H2,1-4H3,(H,29,33)/t24-/m0/s1. The molecule has 0 radical (unpaired) electrons. The van der Waals surface area contributed by atoms with Crippen LogP contribution in [0.25, 0.3) is 0 Å². The molecule has 1 fully saturated rings. The van der Waals surface area contributed by atoms with Crippen LogP contribution in [-0.4, -0.2) is 50.0 Å². The molecule has 7 nitrogen and oxygen atoms in total. The molecule has 2 aromatic carbocycles. The summed E-state index contributed by atoms with van der Waals surface area (Å²) in [6.07, 6.45) is 5.47. The van der Waals surface area contributed by atoms with Crippen molar-refractivity contribution in [3.63, 3.8) is 0 Å². The number of hydrogen-bond acceptors (Lipinski definition) is 4. The van der Waals surface area contributed by atoms with Crippen LogP contribution in [0.5, 0.6) is 0 Å². The zero-order valence-corrected chi connectivity index (χ0v) is 23.0. The van der Waals surface area contributed by atoms with Crippen LogP contribution in [0.2, 0.25) is 5.02 Å². The Morgan fingerprint density at radius 1 is 1.11 bits per heavy atom. The number of benzene rings is 2. The molecule has 0 spiro atoms. The predicted octanol–water partition coefficient (Wildman–Crippen LogP) is 4.59. The van der Waals surface area contributed by atoms with E-state index in [-0.39, 0.29) is 18.5 Å². The molecule has 1 aliphatic carbocycles. The third-order valence-corrected chi connectivity index (χ3v) is 8.18. The Labute approximate surface area is 219 Å². The van der Waals surface area contributed by atoms with E-state index in [0.29, 0.717) is 22.7 Å². The largest absolute Gasteiger partial charge is 0.352 e. The summed E-state index contributed by atoms with van der Waals surface area (Å²) in [6.45, 7) is 5.27. The van der Waals surface area contributed by atoms with Crippen LogP contribution in [0.15, 0.2) is 42.5 Å². The number of sulfonamides is 1. The predicted molar refractivity (Wildman–Crippen MR) is 145 cm³/mol. The number of aryl methyl sites for hydroxylation is 2. The van der Waals surface area contributed by atoms with E-state index >= 15 is 0 Å². The fourth-order valence-corrected chi connectivity index (χ4v) is 5.88. The molecular formula is C27H36ClN3O4S. The molecule has 0 heterocycles. The Morgan fingerprint density at radius 3 is 2.36 bits per heavy atom. The quantitative estimate of drug-likeness (QED) is 0.484. The van der Waals surface area contributed by atoms with Crippen LogP contribution in [0, 0.1) is 13.8 Å². The van der Waals surface area contributed by atoms with E-state index in [1.807, 2.05) is 45.0 Å². The van der Waals surface area contributed by atoms with Crippen molar-refractivity contribution in [2.75, 3.05) is 17.1 Å². The SMILES string of the molecule is CC[C@@H](C(=O)NC1CCCC1)N(Cc1ccccc1Cl)C(=O)CN(c1ccc(C)cc1C)S(C)(=O)=O. The van der Waals surface area contributed by atoms with Gasteiger partial charge >= 0.3 is 0 Å². The molecule has 0 unspecified atom stereocenters. The first-order chi connectivity index (χ1) is 17.0. The third-order valence-electron chi connectivity index (χ3n) is 6.69. The van der Waals surface area contributed by atoms with Gasteiger partial charge in [0.1, 0.15) is 12.6 Å². The fraction of sp³-hybridized carbons (Fsp3) is 0.481. The number of anilines is 1. The maximum atomic E-state index is 13.8. The molecule has 2 amide bonds. The number of nitrogens with one attached hydrogen (secondary N) is 1. The summed E-state index contributed by atoms with van der Waals surface area (Å²) in [5, 5.41) is 3.58. The highest BCUT2D eigenvalue weighted by Gasteiger charge is 2.33.